The van der Waals surface area contributed by atoms with Crippen LogP contribution < -0.4 is 5.32 Å². The molecule has 0 aliphatic carbocycles. The maximum atomic E-state index is 12.3. The van der Waals surface area contributed by atoms with Crippen LogP contribution >= 0.6 is 11.3 Å². The van der Waals surface area contributed by atoms with E-state index in [4.69, 9.17) is 9.47 Å². The standard InChI is InChI=1S/C18H19N3O3S/c1-11-5-4-6-13(9-11)21-16-14-12(2)15(18(22)24-8-7-23-3)25-17(14)20-10-19-16/h4-6,9-10H,7-8H2,1-3H3,(H,19,20,21). The minimum Gasteiger partial charge on any atom is -0.459 e. The van der Waals surface area contributed by atoms with E-state index in [-0.39, 0.29) is 12.6 Å². The van der Waals surface area contributed by atoms with Crippen LogP contribution in [0.25, 0.3) is 10.2 Å². The molecule has 0 atom stereocenters. The van der Waals surface area contributed by atoms with Gasteiger partial charge in [0.05, 0.1) is 12.0 Å². The monoisotopic (exact) mass is 357 g/mol. The first-order chi connectivity index (χ1) is 12.1. The second-order valence-electron chi connectivity index (χ2n) is 5.58. The van der Waals surface area contributed by atoms with E-state index < -0.39 is 0 Å². The van der Waals surface area contributed by atoms with Gasteiger partial charge < -0.3 is 14.8 Å². The summed E-state index contributed by atoms with van der Waals surface area (Å²) in [6.07, 6.45) is 1.50. The summed E-state index contributed by atoms with van der Waals surface area (Å²) in [7, 11) is 1.57. The van der Waals surface area contributed by atoms with Crippen molar-refractivity contribution < 1.29 is 14.3 Å². The van der Waals surface area contributed by atoms with Gasteiger partial charge in [-0.2, -0.15) is 0 Å². The Hall–Kier alpha value is -2.51. The van der Waals surface area contributed by atoms with Crippen LogP contribution in [0.5, 0.6) is 0 Å². The molecule has 2 aromatic heterocycles. The minimum atomic E-state index is -0.362. The lowest BCUT2D eigenvalue weighted by molar-refractivity contribution is 0.0393. The highest BCUT2D eigenvalue weighted by molar-refractivity contribution is 7.20. The normalized spacial score (nSPS) is 10.8. The van der Waals surface area contributed by atoms with E-state index in [0.717, 1.165) is 27.0 Å². The van der Waals surface area contributed by atoms with E-state index in [1.165, 1.54) is 17.7 Å². The Morgan fingerprint density at radius 3 is 2.84 bits per heavy atom. The van der Waals surface area contributed by atoms with Crippen molar-refractivity contribution in [2.24, 2.45) is 0 Å². The molecule has 3 aromatic rings. The number of anilines is 2. The molecule has 0 amide bonds. The number of methoxy groups -OCH3 is 1. The molecule has 0 spiro atoms. The summed E-state index contributed by atoms with van der Waals surface area (Å²) in [5, 5.41) is 4.16. The Morgan fingerprint density at radius 2 is 2.08 bits per heavy atom. The van der Waals surface area contributed by atoms with Crippen molar-refractivity contribution in [3.8, 4) is 0 Å². The van der Waals surface area contributed by atoms with Crippen LogP contribution in [0, 0.1) is 13.8 Å². The van der Waals surface area contributed by atoms with Crippen LogP contribution in [0.1, 0.15) is 20.8 Å². The number of carbonyl (C=O) groups is 1. The number of carbonyl (C=O) groups excluding carboxylic acids is 1. The molecule has 6 nitrogen and oxygen atoms in total. The number of hydrogen-bond donors (Lipinski definition) is 1. The Bertz CT molecular complexity index is 908. The molecule has 3 rings (SSSR count). The summed E-state index contributed by atoms with van der Waals surface area (Å²) in [5.41, 5.74) is 2.91. The zero-order chi connectivity index (χ0) is 17.8. The third kappa shape index (κ3) is 3.78. The van der Waals surface area contributed by atoms with Crippen LogP contribution in [-0.2, 0) is 9.47 Å². The predicted molar refractivity (Wildman–Crippen MR) is 98.8 cm³/mol. The SMILES string of the molecule is COCCOC(=O)c1sc2ncnc(Nc3cccc(C)c3)c2c1C. The van der Waals surface area contributed by atoms with E-state index in [9.17, 15) is 4.79 Å². The van der Waals surface area contributed by atoms with Gasteiger partial charge in [-0.05, 0) is 37.1 Å². The molecule has 0 fully saturated rings. The maximum Gasteiger partial charge on any atom is 0.348 e. The molecule has 2 heterocycles. The number of benzene rings is 1. The number of rotatable bonds is 6. The van der Waals surface area contributed by atoms with Crippen molar-refractivity contribution in [1.29, 1.82) is 0 Å². The number of aromatic nitrogens is 2. The highest BCUT2D eigenvalue weighted by Gasteiger charge is 2.20. The Kier molecular flexibility index (Phi) is 5.25. The van der Waals surface area contributed by atoms with Crippen LogP contribution in [0.15, 0.2) is 30.6 Å². The molecule has 0 saturated carbocycles. The summed E-state index contributed by atoms with van der Waals surface area (Å²) in [6.45, 7) is 4.51. The largest absolute Gasteiger partial charge is 0.459 e. The van der Waals surface area contributed by atoms with Gasteiger partial charge in [-0.15, -0.1) is 11.3 Å². The summed E-state index contributed by atoms with van der Waals surface area (Å²) in [4.78, 5) is 22.2. The number of aryl methyl sites for hydroxylation is 2. The Morgan fingerprint density at radius 1 is 1.24 bits per heavy atom. The average Bonchev–Trinajstić information content (AvgIpc) is 2.93. The van der Waals surface area contributed by atoms with Gasteiger partial charge in [-0.1, -0.05) is 12.1 Å². The fourth-order valence-corrected chi connectivity index (χ4v) is 3.55. The number of fused-ring (bicyclic) bond motifs is 1. The molecular weight excluding hydrogens is 338 g/mol. The van der Waals surface area contributed by atoms with E-state index in [0.29, 0.717) is 17.3 Å². The van der Waals surface area contributed by atoms with E-state index in [1.54, 1.807) is 7.11 Å². The molecule has 0 bridgehead atoms. The minimum absolute atomic E-state index is 0.225. The molecule has 7 heteroatoms. The van der Waals surface area contributed by atoms with Crippen molar-refractivity contribution in [2.45, 2.75) is 13.8 Å². The van der Waals surface area contributed by atoms with Crippen molar-refractivity contribution in [1.82, 2.24) is 9.97 Å². The van der Waals surface area contributed by atoms with Crippen LogP contribution in [0.3, 0.4) is 0 Å². The maximum absolute atomic E-state index is 12.3. The lowest BCUT2D eigenvalue weighted by Gasteiger charge is -2.08. The number of hydrogen-bond acceptors (Lipinski definition) is 7. The van der Waals surface area contributed by atoms with Gasteiger partial charge in [-0.3, -0.25) is 0 Å². The van der Waals surface area contributed by atoms with Gasteiger partial charge in [0.1, 0.15) is 28.5 Å². The summed E-state index contributed by atoms with van der Waals surface area (Å²) >= 11 is 1.31. The molecule has 130 valence electrons. The number of nitrogens with one attached hydrogen (secondary N) is 1. The van der Waals surface area contributed by atoms with Gasteiger partial charge in [0.2, 0.25) is 0 Å². The molecule has 0 aliphatic rings. The number of thiophene rings is 1. The Balaban J connectivity index is 1.94. The summed E-state index contributed by atoms with van der Waals surface area (Å²) < 4.78 is 10.1. The first-order valence-corrected chi connectivity index (χ1v) is 8.65. The van der Waals surface area contributed by atoms with E-state index in [1.807, 2.05) is 38.1 Å². The fraction of sp³-hybridized carbons (Fsp3) is 0.278. The average molecular weight is 357 g/mol. The lowest BCUT2D eigenvalue weighted by Crippen LogP contribution is -2.09. The molecule has 1 N–H and O–H groups in total. The van der Waals surface area contributed by atoms with E-state index >= 15 is 0 Å². The van der Waals surface area contributed by atoms with Crippen molar-refractivity contribution in [3.05, 3.63) is 46.6 Å². The highest BCUT2D eigenvalue weighted by Crippen LogP contribution is 2.34. The molecule has 0 aliphatic heterocycles. The molecular formula is C18H19N3O3S. The number of esters is 1. The van der Waals surface area contributed by atoms with Crippen molar-refractivity contribution in [3.63, 3.8) is 0 Å². The van der Waals surface area contributed by atoms with Gasteiger partial charge in [0.25, 0.3) is 0 Å². The molecule has 0 unspecified atom stereocenters. The highest BCUT2D eigenvalue weighted by atomic mass is 32.1. The third-order valence-corrected chi connectivity index (χ3v) is 4.89. The fourth-order valence-electron chi connectivity index (χ4n) is 2.50. The molecule has 0 saturated heterocycles. The number of nitrogens with zero attached hydrogens (tertiary/aromatic N) is 2. The van der Waals surface area contributed by atoms with Crippen molar-refractivity contribution in [2.75, 3.05) is 25.6 Å². The second kappa shape index (κ2) is 7.58. The summed E-state index contributed by atoms with van der Waals surface area (Å²) in [5.74, 6) is 0.319. The Labute approximate surface area is 149 Å². The quantitative estimate of drug-likeness (QED) is 0.533. The zero-order valence-electron chi connectivity index (χ0n) is 14.3. The molecule has 25 heavy (non-hydrogen) atoms. The van der Waals surface area contributed by atoms with Crippen LogP contribution in [0.2, 0.25) is 0 Å². The first kappa shape index (κ1) is 17.3. The predicted octanol–water partition coefficient (Wildman–Crippen LogP) is 3.85. The smallest absolute Gasteiger partial charge is 0.348 e. The second-order valence-corrected chi connectivity index (χ2v) is 6.58. The molecule has 0 radical (unpaired) electrons. The molecule has 1 aromatic carbocycles. The van der Waals surface area contributed by atoms with Gasteiger partial charge in [0, 0.05) is 12.8 Å². The van der Waals surface area contributed by atoms with E-state index in [2.05, 4.69) is 15.3 Å². The number of ether oxygens (including phenoxy) is 2. The first-order valence-electron chi connectivity index (χ1n) is 7.84. The lowest BCUT2D eigenvalue weighted by atomic mass is 10.2. The summed E-state index contributed by atoms with van der Waals surface area (Å²) in [6, 6.07) is 8.03. The van der Waals surface area contributed by atoms with Gasteiger partial charge in [0.15, 0.2) is 0 Å². The zero-order valence-corrected chi connectivity index (χ0v) is 15.1. The van der Waals surface area contributed by atoms with Crippen LogP contribution in [0.4, 0.5) is 11.5 Å². The third-order valence-electron chi connectivity index (χ3n) is 3.71. The van der Waals surface area contributed by atoms with Crippen LogP contribution in [-0.4, -0.2) is 36.3 Å². The van der Waals surface area contributed by atoms with Crippen molar-refractivity contribution >= 4 is 39.0 Å². The topological polar surface area (TPSA) is 73.3 Å². The van der Waals surface area contributed by atoms with Gasteiger partial charge >= 0.3 is 5.97 Å². The van der Waals surface area contributed by atoms with Gasteiger partial charge in [-0.25, -0.2) is 14.8 Å².